The van der Waals surface area contributed by atoms with Crippen molar-refractivity contribution >= 4 is 32.2 Å². The van der Waals surface area contributed by atoms with E-state index < -0.39 is 15.1 Å². The van der Waals surface area contributed by atoms with Gasteiger partial charge < -0.3 is 14.5 Å². The Balaban J connectivity index is 2.24. The summed E-state index contributed by atoms with van der Waals surface area (Å²) in [5, 5.41) is 3.45. The molecule has 6 heteroatoms. The predicted molar refractivity (Wildman–Crippen MR) is 92.3 cm³/mol. The first kappa shape index (κ1) is 17.3. The lowest BCUT2D eigenvalue weighted by Crippen LogP contribution is -2.49. The van der Waals surface area contributed by atoms with E-state index >= 15 is 0 Å². The van der Waals surface area contributed by atoms with Crippen molar-refractivity contribution in [3.8, 4) is 5.75 Å². The smallest absolute Gasteiger partial charge is 0.268 e. The van der Waals surface area contributed by atoms with E-state index in [1.165, 1.54) is 0 Å². The molecule has 1 aliphatic rings. The van der Waals surface area contributed by atoms with Crippen LogP contribution in [-0.2, 0) is 9.22 Å². The Morgan fingerprint density at radius 2 is 2.09 bits per heavy atom. The molecule has 1 aromatic carbocycles. The van der Waals surface area contributed by atoms with Gasteiger partial charge in [0.25, 0.3) is 5.91 Å². The second-order valence-corrected chi connectivity index (χ2v) is 9.96. The number of carbonyl (C=O) groups excluding carboxylic acids is 1. The number of anilines is 1. The number of nitrogens with one attached hydrogen (secondary N) is 1. The van der Waals surface area contributed by atoms with Crippen LogP contribution in [-0.4, -0.2) is 27.2 Å². The van der Waals surface area contributed by atoms with Gasteiger partial charge in [-0.2, -0.15) is 0 Å². The highest BCUT2D eigenvalue weighted by molar-refractivity contribution is 6.48. The monoisotopic (exact) mass is 341 g/mol. The van der Waals surface area contributed by atoms with Gasteiger partial charge in [0, 0.05) is 5.02 Å². The number of hydrogen-bond donors (Lipinski definition) is 1. The molecule has 1 heterocycles. The van der Waals surface area contributed by atoms with Gasteiger partial charge in [-0.1, -0.05) is 32.4 Å². The van der Waals surface area contributed by atoms with Gasteiger partial charge in [-0.15, -0.1) is 0 Å². The molecule has 1 N–H and O–H groups in total. The highest BCUT2D eigenvalue weighted by Gasteiger charge is 2.37. The van der Waals surface area contributed by atoms with Crippen LogP contribution < -0.4 is 10.1 Å². The second kappa shape index (κ2) is 6.60. The first-order valence-electron chi connectivity index (χ1n) is 7.58. The average molecular weight is 342 g/mol. The van der Waals surface area contributed by atoms with Crippen molar-refractivity contribution in [1.29, 1.82) is 0 Å². The minimum absolute atomic E-state index is 0.0534. The van der Waals surface area contributed by atoms with Crippen molar-refractivity contribution in [3.63, 3.8) is 0 Å². The summed E-state index contributed by atoms with van der Waals surface area (Å²) in [4.78, 5) is 12.4. The van der Waals surface area contributed by atoms with E-state index in [2.05, 4.69) is 39.2 Å². The molecule has 0 aliphatic carbocycles. The van der Waals surface area contributed by atoms with Crippen LogP contribution >= 0.6 is 11.6 Å². The SMILES string of the molecule is C[SiH](C)OC(CC(C)(C)C)C1Oc2ccc(Cl)cc2NC1=O. The maximum absolute atomic E-state index is 12.4. The van der Waals surface area contributed by atoms with E-state index in [4.69, 9.17) is 20.8 Å². The van der Waals surface area contributed by atoms with Crippen molar-refractivity contribution in [2.24, 2.45) is 5.41 Å². The minimum atomic E-state index is -1.29. The molecular formula is C16H24ClNO3Si. The molecule has 2 atom stereocenters. The first-order chi connectivity index (χ1) is 10.2. The van der Waals surface area contributed by atoms with Gasteiger partial charge >= 0.3 is 0 Å². The molecule has 1 amide bonds. The zero-order valence-electron chi connectivity index (χ0n) is 13.8. The summed E-state index contributed by atoms with van der Waals surface area (Å²) in [7, 11) is -1.29. The summed E-state index contributed by atoms with van der Waals surface area (Å²) in [6, 6.07) is 5.23. The standard InChI is InChI=1S/C16H24ClNO3Si/c1-16(2,3)9-13(21-22(4)5)14-15(19)18-11-8-10(17)6-7-12(11)20-14/h6-8,13-14,22H,9H2,1-5H3,(H,18,19). The molecule has 22 heavy (non-hydrogen) atoms. The molecule has 1 aromatic rings. The molecule has 0 fully saturated rings. The van der Waals surface area contributed by atoms with Crippen molar-refractivity contribution in [2.45, 2.75) is 52.5 Å². The Labute approximate surface area is 138 Å². The van der Waals surface area contributed by atoms with Crippen LogP contribution in [0.25, 0.3) is 0 Å². The number of amides is 1. The van der Waals surface area contributed by atoms with Gasteiger partial charge in [0.1, 0.15) is 5.75 Å². The molecule has 0 saturated carbocycles. The number of ether oxygens (including phenoxy) is 1. The van der Waals surface area contributed by atoms with E-state index in [-0.39, 0.29) is 17.4 Å². The third-order valence-electron chi connectivity index (χ3n) is 3.31. The van der Waals surface area contributed by atoms with Crippen LogP contribution in [0.2, 0.25) is 18.1 Å². The van der Waals surface area contributed by atoms with E-state index in [1.807, 2.05) is 0 Å². The van der Waals surface area contributed by atoms with Gasteiger partial charge in [0.05, 0.1) is 11.8 Å². The Bertz CT molecular complexity index is 557. The summed E-state index contributed by atoms with van der Waals surface area (Å²) in [5.74, 6) is 0.473. The zero-order chi connectivity index (χ0) is 16.5. The fourth-order valence-electron chi connectivity index (χ4n) is 2.52. The summed E-state index contributed by atoms with van der Waals surface area (Å²) >= 11 is 5.95. The maximum atomic E-state index is 12.4. The molecule has 2 rings (SSSR count). The number of rotatable bonds is 4. The number of benzene rings is 1. The fourth-order valence-corrected chi connectivity index (χ4v) is 3.63. The molecule has 0 bridgehead atoms. The van der Waals surface area contributed by atoms with E-state index in [9.17, 15) is 4.79 Å². The lowest BCUT2D eigenvalue weighted by atomic mass is 9.87. The zero-order valence-corrected chi connectivity index (χ0v) is 15.7. The Morgan fingerprint density at radius 1 is 1.41 bits per heavy atom. The molecule has 0 spiro atoms. The predicted octanol–water partition coefficient (Wildman–Crippen LogP) is 3.84. The summed E-state index contributed by atoms with van der Waals surface area (Å²) in [6.07, 6.45) is -0.0996. The van der Waals surface area contributed by atoms with Crippen LogP contribution in [0.5, 0.6) is 5.75 Å². The Morgan fingerprint density at radius 3 is 2.68 bits per heavy atom. The molecule has 0 aromatic heterocycles. The van der Waals surface area contributed by atoms with Gasteiger partial charge in [0.2, 0.25) is 6.10 Å². The summed E-state index contributed by atoms with van der Waals surface area (Å²) in [5.41, 5.74) is 0.669. The van der Waals surface area contributed by atoms with Crippen LogP contribution in [0.3, 0.4) is 0 Å². The van der Waals surface area contributed by atoms with Crippen LogP contribution in [0.1, 0.15) is 27.2 Å². The Hall–Kier alpha value is -1.04. The normalized spacial score (nSPS) is 19.4. The van der Waals surface area contributed by atoms with E-state index in [1.54, 1.807) is 18.2 Å². The minimum Gasteiger partial charge on any atom is -0.476 e. The highest BCUT2D eigenvalue weighted by atomic mass is 35.5. The third-order valence-corrected chi connectivity index (χ3v) is 4.44. The van der Waals surface area contributed by atoms with Crippen molar-refractivity contribution in [3.05, 3.63) is 23.2 Å². The number of halogens is 1. The number of fused-ring (bicyclic) bond motifs is 1. The van der Waals surface area contributed by atoms with Crippen LogP contribution in [0.4, 0.5) is 5.69 Å². The van der Waals surface area contributed by atoms with Crippen molar-refractivity contribution in [1.82, 2.24) is 0 Å². The van der Waals surface area contributed by atoms with E-state index in [0.29, 0.717) is 16.5 Å². The van der Waals surface area contributed by atoms with E-state index in [0.717, 1.165) is 6.42 Å². The fraction of sp³-hybridized carbons (Fsp3) is 0.562. The molecule has 4 nitrogen and oxygen atoms in total. The number of hydrogen-bond acceptors (Lipinski definition) is 3. The van der Waals surface area contributed by atoms with Crippen LogP contribution in [0, 0.1) is 5.41 Å². The lowest BCUT2D eigenvalue weighted by Gasteiger charge is -2.35. The Kier molecular flexibility index (Phi) is 5.20. The topological polar surface area (TPSA) is 47.6 Å². The largest absolute Gasteiger partial charge is 0.476 e. The summed E-state index contributed by atoms with van der Waals surface area (Å²) < 4.78 is 12.0. The highest BCUT2D eigenvalue weighted by Crippen LogP contribution is 2.35. The van der Waals surface area contributed by atoms with Gasteiger partial charge in [-0.05, 0) is 43.1 Å². The third kappa shape index (κ3) is 4.48. The number of carbonyl (C=O) groups is 1. The molecular weight excluding hydrogens is 318 g/mol. The molecule has 122 valence electrons. The molecule has 1 aliphatic heterocycles. The van der Waals surface area contributed by atoms with Crippen molar-refractivity contribution in [2.75, 3.05) is 5.32 Å². The second-order valence-electron chi connectivity index (χ2n) is 7.16. The summed E-state index contributed by atoms with van der Waals surface area (Å²) in [6.45, 7) is 10.6. The maximum Gasteiger partial charge on any atom is 0.268 e. The van der Waals surface area contributed by atoms with Crippen LogP contribution in [0.15, 0.2) is 18.2 Å². The molecule has 0 saturated heterocycles. The molecule has 0 radical (unpaired) electrons. The lowest BCUT2D eigenvalue weighted by molar-refractivity contribution is -0.128. The van der Waals surface area contributed by atoms with Gasteiger partial charge in [-0.3, -0.25) is 4.79 Å². The average Bonchev–Trinajstić information content (AvgIpc) is 2.34. The van der Waals surface area contributed by atoms with Gasteiger partial charge in [0.15, 0.2) is 9.04 Å². The molecule has 2 unspecified atom stereocenters. The quantitative estimate of drug-likeness (QED) is 0.846. The van der Waals surface area contributed by atoms with Crippen molar-refractivity contribution < 1.29 is 14.0 Å². The van der Waals surface area contributed by atoms with Gasteiger partial charge in [-0.25, -0.2) is 0 Å². The first-order valence-corrected chi connectivity index (χ1v) is 10.7.